The Bertz CT molecular complexity index is 291. The quantitative estimate of drug-likeness (QED) is 0.704. The molecule has 0 aromatic carbocycles. The molecule has 7 heteroatoms. The van der Waals surface area contributed by atoms with Crippen LogP contribution < -0.4 is 0 Å². The predicted molar refractivity (Wildman–Crippen MR) is 56.9 cm³/mol. The van der Waals surface area contributed by atoms with Crippen LogP contribution in [0.1, 0.15) is 0 Å². The molecule has 0 aliphatic heterocycles. The van der Waals surface area contributed by atoms with Crippen LogP contribution >= 0.6 is 37.2 Å². The van der Waals surface area contributed by atoms with Crippen LogP contribution in [0.2, 0.25) is 0 Å². The lowest BCUT2D eigenvalue weighted by Crippen LogP contribution is -1.85. The van der Waals surface area contributed by atoms with E-state index in [1.165, 1.54) is 6.33 Å². The summed E-state index contributed by atoms with van der Waals surface area (Å²) in [7, 11) is 0. The Labute approximate surface area is 93.5 Å². The van der Waals surface area contributed by atoms with E-state index in [0.29, 0.717) is 5.65 Å². The lowest BCUT2D eigenvalue weighted by molar-refractivity contribution is 1.15. The molecular weight excluding hydrogens is 234 g/mol. The van der Waals surface area contributed by atoms with Gasteiger partial charge in [0.1, 0.15) is 11.8 Å². The van der Waals surface area contributed by atoms with E-state index < -0.39 is 0 Å². The van der Waals surface area contributed by atoms with Gasteiger partial charge in [-0.15, -0.1) is 37.2 Å². The van der Waals surface area contributed by atoms with Crippen molar-refractivity contribution in [3.8, 4) is 0 Å². The molecule has 0 atom stereocenters. The van der Waals surface area contributed by atoms with E-state index in [2.05, 4.69) is 19.9 Å². The highest BCUT2D eigenvalue weighted by atomic mass is 35.5. The zero-order chi connectivity index (χ0) is 6.81. The van der Waals surface area contributed by atoms with Gasteiger partial charge in [0.25, 0.3) is 0 Å². The number of hydrogen-bond acceptors (Lipinski definition) is 4. The van der Waals surface area contributed by atoms with Crippen molar-refractivity contribution in [3.63, 3.8) is 0 Å². The van der Waals surface area contributed by atoms with Gasteiger partial charge in [-0.3, -0.25) is 0 Å². The molecule has 0 saturated heterocycles. The fraction of sp³-hybridized carbons (Fsp3) is 0. The molecule has 0 fully saturated rings. The molecule has 0 saturated carbocycles. The van der Waals surface area contributed by atoms with Gasteiger partial charge in [-0.1, -0.05) is 0 Å². The van der Waals surface area contributed by atoms with Gasteiger partial charge >= 0.3 is 0 Å². The molecule has 0 spiro atoms. The number of hydrogen-bond donors (Lipinski definition) is 0. The highest BCUT2D eigenvalue weighted by molar-refractivity contribution is 5.86. The summed E-state index contributed by atoms with van der Waals surface area (Å²) in [6, 6.07) is 0. The van der Waals surface area contributed by atoms with E-state index in [9.17, 15) is 0 Å². The van der Waals surface area contributed by atoms with E-state index in [1.54, 1.807) is 18.6 Å². The minimum Gasteiger partial charge on any atom is -0.250 e. The number of fused-ring (bicyclic) bond motifs is 1. The zero-order valence-electron chi connectivity index (χ0n) is 6.32. The lowest BCUT2D eigenvalue weighted by Gasteiger charge is -1.89. The molecule has 13 heavy (non-hydrogen) atoms. The fourth-order valence-corrected chi connectivity index (χ4v) is 0.724. The van der Waals surface area contributed by atoms with Crippen LogP contribution in [0.5, 0.6) is 0 Å². The van der Waals surface area contributed by atoms with Crippen molar-refractivity contribution in [1.82, 2.24) is 19.9 Å². The van der Waals surface area contributed by atoms with Crippen molar-refractivity contribution in [1.29, 1.82) is 0 Å². The summed E-state index contributed by atoms with van der Waals surface area (Å²) in [5.74, 6) is 0. The summed E-state index contributed by atoms with van der Waals surface area (Å²) < 4.78 is 0. The molecular formula is C6H7Cl3N4. The third-order valence-corrected chi connectivity index (χ3v) is 1.15. The van der Waals surface area contributed by atoms with Crippen LogP contribution in [0, 0.1) is 0 Å². The highest BCUT2D eigenvalue weighted by Crippen LogP contribution is 1.98. The molecule has 0 aliphatic rings. The first-order valence-electron chi connectivity index (χ1n) is 2.83. The Morgan fingerprint density at radius 1 is 0.846 bits per heavy atom. The molecule has 72 valence electrons. The minimum atomic E-state index is 0. The van der Waals surface area contributed by atoms with E-state index in [-0.39, 0.29) is 37.2 Å². The number of nitrogens with zero attached hydrogens (tertiary/aromatic N) is 4. The maximum absolute atomic E-state index is 3.99. The van der Waals surface area contributed by atoms with Crippen molar-refractivity contribution < 1.29 is 0 Å². The number of halogens is 3. The van der Waals surface area contributed by atoms with Crippen LogP contribution in [0.3, 0.4) is 0 Å². The third kappa shape index (κ3) is 3.26. The number of rotatable bonds is 0. The van der Waals surface area contributed by atoms with Gasteiger partial charge in [0.2, 0.25) is 0 Å². The predicted octanol–water partition coefficient (Wildman–Crippen LogP) is 1.69. The van der Waals surface area contributed by atoms with Crippen molar-refractivity contribution >= 4 is 48.4 Å². The van der Waals surface area contributed by atoms with Crippen LogP contribution in [-0.4, -0.2) is 19.9 Å². The Morgan fingerprint density at radius 2 is 1.54 bits per heavy atom. The molecule has 0 aliphatic carbocycles. The smallest absolute Gasteiger partial charge is 0.181 e. The fourth-order valence-electron chi connectivity index (χ4n) is 0.724. The van der Waals surface area contributed by atoms with E-state index in [4.69, 9.17) is 0 Å². The molecule has 0 N–H and O–H groups in total. The van der Waals surface area contributed by atoms with Crippen LogP contribution in [0.25, 0.3) is 11.2 Å². The van der Waals surface area contributed by atoms with E-state index in [0.717, 1.165) is 5.52 Å². The minimum absolute atomic E-state index is 0. The molecule has 0 amide bonds. The maximum atomic E-state index is 3.99. The summed E-state index contributed by atoms with van der Waals surface area (Å²) >= 11 is 0. The first kappa shape index (κ1) is 14.8. The average molecular weight is 242 g/mol. The Morgan fingerprint density at radius 3 is 2.23 bits per heavy atom. The van der Waals surface area contributed by atoms with Crippen LogP contribution in [-0.2, 0) is 0 Å². The van der Waals surface area contributed by atoms with Crippen molar-refractivity contribution in [2.24, 2.45) is 0 Å². The van der Waals surface area contributed by atoms with Gasteiger partial charge in [0.05, 0.1) is 6.20 Å². The second-order valence-electron chi connectivity index (χ2n) is 1.79. The summed E-state index contributed by atoms with van der Waals surface area (Å²) in [6.07, 6.45) is 6.31. The first-order valence-corrected chi connectivity index (χ1v) is 2.83. The first-order chi connectivity index (χ1) is 4.97. The molecule has 2 aromatic rings. The van der Waals surface area contributed by atoms with Crippen LogP contribution in [0.15, 0.2) is 24.9 Å². The summed E-state index contributed by atoms with van der Waals surface area (Å²) in [4.78, 5) is 15.7. The Balaban J connectivity index is 0. The van der Waals surface area contributed by atoms with Crippen molar-refractivity contribution in [3.05, 3.63) is 24.9 Å². The van der Waals surface area contributed by atoms with Crippen molar-refractivity contribution in [2.75, 3.05) is 0 Å². The monoisotopic (exact) mass is 240 g/mol. The SMILES string of the molecule is Cl.Cl.Cl.c1cnc2ncncc2n1. The standard InChI is InChI=1S/C6H4N4.3ClH/c1-2-9-6-5(8-1)3-7-4-10-6;;;/h1-4H;3*1H. The molecule has 0 radical (unpaired) electrons. The van der Waals surface area contributed by atoms with Gasteiger partial charge in [-0.2, -0.15) is 0 Å². The number of aromatic nitrogens is 4. The highest BCUT2D eigenvalue weighted by Gasteiger charge is 1.90. The molecule has 4 nitrogen and oxygen atoms in total. The van der Waals surface area contributed by atoms with Gasteiger partial charge in [-0.25, -0.2) is 19.9 Å². The summed E-state index contributed by atoms with van der Waals surface area (Å²) in [5, 5.41) is 0. The Kier molecular flexibility index (Phi) is 7.70. The summed E-state index contributed by atoms with van der Waals surface area (Å²) in [6.45, 7) is 0. The lowest BCUT2D eigenvalue weighted by atomic mass is 10.5. The summed E-state index contributed by atoms with van der Waals surface area (Å²) in [5.41, 5.74) is 1.36. The molecule has 2 heterocycles. The maximum Gasteiger partial charge on any atom is 0.181 e. The molecule has 2 rings (SSSR count). The normalized spacial score (nSPS) is 7.69. The van der Waals surface area contributed by atoms with Crippen molar-refractivity contribution in [2.45, 2.75) is 0 Å². The Hall–Kier alpha value is -0.710. The second-order valence-corrected chi connectivity index (χ2v) is 1.79. The van der Waals surface area contributed by atoms with Gasteiger partial charge < -0.3 is 0 Å². The van der Waals surface area contributed by atoms with Gasteiger partial charge in [-0.05, 0) is 0 Å². The molecule has 0 bridgehead atoms. The molecule has 2 aromatic heterocycles. The van der Waals surface area contributed by atoms with E-state index >= 15 is 0 Å². The largest absolute Gasteiger partial charge is 0.250 e. The van der Waals surface area contributed by atoms with E-state index in [1.807, 2.05) is 0 Å². The molecule has 0 unspecified atom stereocenters. The van der Waals surface area contributed by atoms with Gasteiger partial charge in [0, 0.05) is 12.4 Å². The topological polar surface area (TPSA) is 51.6 Å². The van der Waals surface area contributed by atoms with Gasteiger partial charge in [0.15, 0.2) is 5.65 Å². The zero-order valence-corrected chi connectivity index (χ0v) is 8.77. The second kappa shape index (κ2) is 6.77. The third-order valence-electron chi connectivity index (χ3n) is 1.15. The average Bonchev–Trinajstić information content (AvgIpc) is 2.05. The van der Waals surface area contributed by atoms with Crippen LogP contribution in [0.4, 0.5) is 0 Å².